The zero-order valence-electron chi connectivity index (χ0n) is 23.8. The number of nitrogens with zero attached hydrogens (tertiary/aromatic N) is 4. The topological polar surface area (TPSA) is 115 Å². The summed E-state index contributed by atoms with van der Waals surface area (Å²) < 4.78 is 0. The first-order valence-electron chi connectivity index (χ1n) is 13.9. The first-order chi connectivity index (χ1) is 20.2. The van der Waals surface area contributed by atoms with Crippen molar-refractivity contribution in [1.82, 2.24) is 19.6 Å². The maximum atomic E-state index is 13.3. The predicted molar refractivity (Wildman–Crippen MR) is 158 cm³/mol. The molecule has 10 heteroatoms. The van der Waals surface area contributed by atoms with Gasteiger partial charge in [-0.25, -0.2) is 9.59 Å². The van der Waals surface area contributed by atoms with Gasteiger partial charge in [0, 0.05) is 26.2 Å². The third-order valence-electron chi connectivity index (χ3n) is 7.68. The molecule has 0 saturated carbocycles. The molecular weight excluding hydrogens is 536 g/mol. The number of urea groups is 2. The molecule has 3 aromatic rings. The summed E-state index contributed by atoms with van der Waals surface area (Å²) in [5.41, 5.74) is 0.910. The number of imide groups is 4. The highest BCUT2D eigenvalue weighted by Gasteiger charge is 2.42. The molecule has 2 fully saturated rings. The molecular formula is C32H30N4O6. The molecule has 0 N–H and O–H groups in total. The van der Waals surface area contributed by atoms with E-state index in [9.17, 15) is 28.8 Å². The Labute approximate surface area is 242 Å². The molecule has 0 aromatic heterocycles. The van der Waals surface area contributed by atoms with Gasteiger partial charge in [-0.2, -0.15) is 0 Å². The Bertz CT molecular complexity index is 1530. The van der Waals surface area contributed by atoms with Crippen LogP contribution in [0, 0.1) is 0 Å². The van der Waals surface area contributed by atoms with Gasteiger partial charge in [-0.1, -0.05) is 48.5 Å². The Morgan fingerprint density at radius 2 is 0.690 bits per heavy atom. The van der Waals surface area contributed by atoms with Gasteiger partial charge in [0.1, 0.15) is 11.1 Å². The largest absolute Gasteiger partial charge is 0.333 e. The molecule has 0 spiro atoms. The van der Waals surface area contributed by atoms with Crippen LogP contribution in [0.3, 0.4) is 0 Å². The van der Waals surface area contributed by atoms with E-state index in [-0.39, 0.29) is 37.3 Å². The summed E-state index contributed by atoms with van der Waals surface area (Å²) in [6.45, 7) is 7.13. The second-order valence-electron chi connectivity index (χ2n) is 9.80. The number of barbiturate groups is 2. The van der Waals surface area contributed by atoms with Crippen LogP contribution in [0.4, 0.5) is 9.59 Å². The molecule has 2 aliphatic heterocycles. The molecule has 0 unspecified atom stereocenters. The molecule has 0 atom stereocenters. The molecule has 10 nitrogen and oxygen atoms in total. The average Bonchev–Trinajstić information content (AvgIpc) is 2.99. The molecule has 8 amide bonds. The summed E-state index contributed by atoms with van der Waals surface area (Å²) in [4.78, 5) is 82.9. The van der Waals surface area contributed by atoms with Crippen LogP contribution < -0.4 is 0 Å². The van der Waals surface area contributed by atoms with Crippen molar-refractivity contribution in [1.29, 1.82) is 0 Å². The minimum Gasteiger partial charge on any atom is -0.268 e. The van der Waals surface area contributed by atoms with Crippen molar-refractivity contribution >= 4 is 69.4 Å². The Balaban J connectivity index is 1.80. The fourth-order valence-electron chi connectivity index (χ4n) is 5.56. The maximum Gasteiger partial charge on any atom is 0.333 e. The number of hydrogen-bond donors (Lipinski definition) is 0. The van der Waals surface area contributed by atoms with Crippen LogP contribution in [0.2, 0.25) is 0 Å². The third-order valence-corrected chi connectivity index (χ3v) is 7.68. The highest BCUT2D eigenvalue weighted by Crippen LogP contribution is 2.37. The van der Waals surface area contributed by atoms with E-state index in [1.165, 1.54) is 12.2 Å². The van der Waals surface area contributed by atoms with Gasteiger partial charge in [-0.15, -0.1) is 0 Å². The molecule has 0 bridgehead atoms. The van der Waals surface area contributed by atoms with Gasteiger partial charge in [0.05, 0.1) is 0 Å². The minimum atomic E-state index is -0.668. The van der Waals surface area contributed by atoms with Gasteiger partial charge in [0.2, 0.25) is 0 Å². The molecule has 214 valence electrons. The molecule has 5 rings (SSSR count). The van der Waals surface area contributed by atoms with Crippen molar-refractivity contribution in [2.24, 2.45) is 0 Å². The number of likely N-dealkylation sites (N-methyl/N-ethyl adjacent to an activating group) is 4. The summed E-state index contributed by atoms with van der Waals surface area (Å²) in [7, 11) is 0. The number of carbonyl (C=O) groups is 6. The lowest BCUT2D eigenvalue weighted by Crippen LogP contribution is -2.56. The Hall–Kier alpha value is -5.12. The smallest absolute Gasteiger partial charge is 0.268 e. The van der Waals surface area contributed by atoms with Crippen LogP contribution in [-0.2, 0) is 19.2 Å². The van der Waals surface area contributed by atoms with Crippen LogP contribution >= 0.6 is 0 Å². The summed E-state index contributed by atoms with van der Waals surface area (Å²) in [6, 6.07) is 13.3. The lowest BCUT2D eigenvalue weighted by molar-refractivity contribution is -0.137. The fraction of sp³-hybridized carbons (Fsp3) is 0.250. The first kappa shape index (κ1) is 28.4. The number of fused-ring (bicyclic) bond motifs is 2. The number of carbonyl (C=O) groups excluding carboxylic acids is 6. The van der Waals surface area contributed by atoms with Crippen LogP contribution in [0.5, 0.6) is 0 Å². The predicted octanol–water partition coefficient (Wildman–Crippen LogP) is 4.42. The summed E-state index contributed by atoms with van der Waals surface area (Å²) >= 11 is 0. The monoisotopic (exact) mass is 566 g/mol. The van der Waals surface area contributed by atoms with Gasteiger partial charge in [-0.3, -0.25) is 38.8 Å². The summed E-state index contributed by atoms with van der Waals surface area (Å²) in [5, 5.41) is 2.69. The summed E-state index contributed by atoms with van der Waals surface area (Å²) in [5.74, 6) is -2.67. The van der Waals surface area contributed by atoms with Crippen LogP contribution in [0.15, 0.2) is 59.7 Å². The van der Waals surface area contributed by atoms with Gasteiger partial charge in [0.25, 0.3) is 23.6 Å². The van der Waals surface area contributed by atoms with Gasteiger partial charge in [-0.05, 0) is 72.5 Å². The zero-order valence-corrected chi connectivity index (χ0v) is 23.8. The lowest BCUT2D eigenvalue weighted by atomic mass is 9.89. The molecule has 2 aliphatic rings. The van der Waals surface area contributed by atoms with Crippen molar-refractivity contribution in [3.8, 4) is 0 Å². The van der Waals surface area contributed by atoms with Gasteiger partial charge >= 0.3 is 12.1 Å². The quantitative estimate of drug-likeness (QED) is 0.248. The van der Waals surface area contributed by atoms with Crippen molar-refractivity contribution in [2.45, 2.75) is 27.7 Å². The van der Waals surface area contributed by atoms with Crippen LogP contribution in [0.1, 0.15) is 38.8 Å². The van der Waals surface area contributed by atoms with E-state index in [0.717, 1.165) is 19.6 Å². The normalized spacial score (nSPS) is 16.5. The highest BCUT2D eigenvalue weighted by molar-refractivity contribution is 6.33. The van der Waals surface area contributed by atoms with Crippen molar-refractivity contribution in [3.63, 3.8) is 0 Å². The van der Waals surface area contributed by atoms with E-state index in [1.807, 2.05) is 48.5 Å². The second-order valence-corrected chi connectivity index (χ2v) is 9.80. The molecule has 0 radical (unpaired) electrons. The molecule has 42 heavy (non-hydrogen) atoms. The van der Waals surface area contributed by atoms with Crippen LogP contribution in [-0.4, -0.2) is 81.5 Å². The molecule has 2 heterocycles. The van der Waals surface area contributed by atoms with E-state index in [0.29, 0.717) is 32.7 Å². The zero-order chi connectivity index (χ0) is 30.3. The van der Waals surface area contributed by atoms with Crippen molar-refractivity contribution < 1.29 is 28.8 Å². The van der Waals surface area contributed by atoms with E-state index >= 15 is 0 Å². The highest BCUT2D eigenvalue weighted by atomic mass is 16.2. The Morgan fingerprint density at radius 3 is 0.905 bits per heavy atom. The minimum absolute atomic E-state index is 0.112. The summed E-state index contributed by atoms with van der Waals surface area (Å²) in [6.07, 6.45) is 3.05. The average molecular weight is 567 g/mol. The first-order valence-corrected chi connectivity index (χ1v) is 13.9. The SMILES string of the molecule is CCN1C(=O)C(=Cc2c3ccccc3c(C=C3C(=O)N(CC)C(=O)N(CC)C3=O)c3ccccc23)C(=O)N(CC)C1=O. The van der Waals surface area contributed by atoms with Gasteiger partial charge < -0.3 is 0 Å². The van der Waals surface area contributed by atoms with Crippen molar-refractivity contribution in [3.05, 3.63) is 70.8 Å². The van der Waals surface area contributed by atoms with E-state index in [2.05, 4.69) is 0 Å². The lowest BCUT2D eigenvalue weighted by Gasteiger charge is -2.33. The second kappa shape index (κ2) is 11.0. The van der Waals surface area contributed by atoms with Gasteiger partial charge in [0.15, 0.2) is 0 Å². The fourth-order valence-corrected chi connectivity index (χ4v) is 5.56. The van der Waals surface area contributed by atoms with Crippen LogP contribution in [0.25, 0.3) is 33.7 Å². The van der Waals surface area contributed by atoms with E-state index < -0.39 is 35.7 Å². The van der Waals surface area contributed by atoms with E-state index in [4.69, 9.17) is 0 Å². The standard InChI is InChI=1S/C32H30N4O6/c1-5-33-27(37)25(28(38)34(6-2)31(33)41)17-23-19-13-9-11-15-21(19)24(22-16-12-10-14-20(22)23)18-26-29(39)35(7-3)32(42)36(8-4)30(26)40/h9-18H,5-8H2,1-4H3. The number of benzene rings is 3. The Kier molecular flexibility index (Phi) is 7.47. The number of hydrogen-bond acceptors (Lipinski definition) is 6. The van der Waals surface area contributed by atoms with E-state index in [1.54, 1.807) is 27.7 Å². The molecule has 2 saturated heterocycles. The number of amides is 8. The Morgan fingerprint density at radius 1 is 0.452 bits per heavy atom. The number of rotatable bonds is 6. The molecule has 0 aliphatic carbocycles. The van der Waals surface area contributed by atoms with Crippen molar-refractivity contribution in [2.75, 3.05) is 26.2 Å². The maximum absolute atomic E-state index is 13.3. The molecule has 3 aromatic carbocycles. The third kappa shape index (κ3) is 4.27.